The molecule has 32 heavy (non-hydrogen) atoms. The van der Waals surface area contributed by atoms with E-state index in [0.29, 0.717) is 25.2 Å². The molecule has 5 heteroatoms. The van der Waals surface area contributed by atoms with Gasteiger partial charge in [-0.05, 0) is 42.2 Å². The maximum Gasteiger partial charge on any atom is 0.225 e. The van der Waals surface area contributed by atoms with Crippen molar-refractivity contribution in [2.24, 2.45) is 5.92 Å². The average molecular weight is 430 g/mol. The van der Waals surface area contributed by atoms with Crippen molar-refractivity contribution in [3.8, 4) is 0 Å². The second-order valence-electron chi connectivity index (χ2n) is 8.62. The van der Waals surface area contributed by atoms with Gasteiger partial charge in [-0.1, -0.05) is 60.7 Å². The number of carbonyl (C=O) groups excluding carboxylic acids is 1. The number of anilines is 2. The van der Waals surface area contributed by atoms with Gasteiger partial charge in [0.1, 0.15) is 5.82 Å². The molecule has 1 N–H and O–H groups in total. The van der Waals surface area contributed by atoms with E-state index in [1.165, 1.54) is 22.9 Å². The molecule has 0 unspecified atom stereocenters. The van der Waals surface area contributed by atoms with Gasteiger partial charge in [-0.25, -0.2) is 4.39 Å². The minimum atomic E-state index is -0.207. The van der Waals surface area contributed by atoms with Crippen LogP contribution in [0.2, 0.25) is 0 Å². The van der Waals surface area contributed by atoms with Gasteiger partial charge in [0, 0.05) is 31.9 Å². The number of nitrogens with zero attached hydrogens (tertiary/aromatic N) is 2. The first-order valence-corrected chi connectivity index (χ1v) is 11.4. The van der Waals surface area contributed by atoms with Crippen molar-refractivity contribution >= 4 is 17.3 Å². The molecule has 2 aliphatic rings. The van der Waals surface area contributed by atoms with Crippen LogP contribution in [0.1, 0.15) is 11.1 Å². The van der Waals surface area contributed by atoms with E-state index in [9.17, 15) is 9.18 Å². The van der Waals surface area contributed by atoms with Crippen LogP contribution in [0.4, 0.5) is 15.8 Å². The summed E-state index contributed by atoms with van der Waals surface area (Å²) in [5, 5.41) is 3.17. The Morgan fingerprint density at radius 3 is 2.44 bits per heavy atom. The number of hydrogen-bond acceptors (Lipinski definition) is 3. The molecule has 0 spiro atoms. The van der Waals surface area contributed by atoms with Crippen LogP contribution in [0.25, 0.3) is 0 Å². The highest BCUT2D eigenvalue weighted by Gasteiger charge is 2.41. The lowest BCUT2D eigenvalue weighted by atomic mass is 9.83. The van der Waals surface area contributed by atoms with Crippen molar-refractivity contribution in [1.82, 2.24) is 5.32 Å². The van der Waals surface area contributed by atoms with Crippen LogP contribution >= 0.6 is 0 Å². The number of hydrogen-bond donors (Lipinski definition) is 1. The maximum atomic E-state index is 14.5. The molecule has 0 aliphatic carbocycles. The lowest BCUT2D eigenvalue weighted by Crippen LogP contribution is -2.61. The van der Waals surface area contributed by atoms with Gasteiger partial charge in [-0.2, -0.15) is 0 Å². The molecule has 0 bridgehead atoms. The van der Waals surface area contributed by atoms with Crippen LogP contribution < -0.4 is 15.1 Å². The highest BCUT2D eigenvalue weighted by Crippen LogP contribution is 2.37. The van der Waals surface area contributed by atoms with E-state index in [-0.39, 0.29) is 23.7 Å². The van der Waals surface area contributed by atoms with Gasteiger partial charge in [0.15, 0.2) is 0 Å². The summed E-state index contributed by atoms with van der Waals surface area (Å²) in [6.07, 6.45) is 1.52. The predicted octanol–water partition coefficient (Wildman–Crippen LogP) is 4.05. The fraction of sp³-hybridized carbons (Fsp3) is 0.296. The van der Waals surface area contributed by atoms with E-state index < -0.39 is 0 Å². The second-order valence-corrected chi connectivity index (χ2v) is 8.62. The minimum absolute atomic E-state index is 0.00924. The summed E-state index contributed by atoms with van der Waals surface area (Å²) in [6.45, 7) is 2.74. The largest absolute Gasteiger partial charge is 0.365 e. The second kappa shape index (κ2) is 9.03. The summed E-state index contributed by atoms with van der Waals surface area (Å²) in [5.41, 5.74) is 4.26. The van der Waals surface area contributed by atoms with Gasteiger partial charge in [0.2, 0.25) is 5.91 Å². The molecular weight excluding hydrogens is 401 g/mol. The van der Waals surface area contributed by atoms with Gasteiger partial charge >= 0.3 is 0 Å². The Morgan fingerprint density at radius 1 is 0.906 bits per heavy atom. The normalized spacial score (nSPS) is 19.8. The Bertz CT molecular complexity index is 1090. The van der Waals surface area contributed by atoms with Gasteiger partial charge in [-0.15, -0.1) is 0 Å². The number of piperazine rings is 1. The molecule has 3 aromatic carbocycles. The number of para-hydroxylation sites is 2. The summed E-state index contributed by atoms with van der Waals surface area (Å²) >= 11 is 0. The first kappa shape index (κ1) is 20.6. The van der Waals surface area contributed by atoms with Gasteiger partial charge in [0.25, 0.3) is 0 Å². The molecule has 1 fully saturated rings. The van der Waals surface area contributed by atoms with E-state index in [2.05, 4.69) is 45.4 Å². The van der Waals surface area contributed by atoms with Crippen LogP contribution in [0, 0.1) is 11.7 Å². The maximum absolute atomic E-state index is 14.5. The zero-order valence-corrected chi connectivity index (χ0v) is 18.1. The molecule has 4 nitrogen and oxygen atoms in total. The molecule has 0 aromatic heterocycles. The molecule has 164 valence electrons. The molecule has 5 rings (SSSR count). The third-order valence-electron chi connectivity index (χ3n) is 6.71. The number of nitrogens with one attached hydrogen (secondary N) is 1. The topological polar surface area (TPSA) is 35.6 Å². The molecule has 2 aliphatic heterocycles. The molecule has 3 aromatic rings. The number of rotatable bonds is 5. The number of carbonyl (C=O) groups is 1. The fourth-order valence-corrected chi connectivity index (χ4v) is 5.09. The van der Waals surface area contributed by atoms with Crippen molar-refractivity contribution < 1.29 is 9.18 Å². The number of amides is 1. The van der Waals surface area contributed by atoms with Crippen molar-refractivity contribution in [3.63, 3.8) is 0 Å². The Hall–Kier alpha value is -3.34. The number of benzene rings is 3. The fourth-order valence-electron chi connectivity index (χ4n) is 5.09. The van der Waals surface area contributed by atoms with E-state index in [1.54, 1.807) is 6.07 Å². The summed E-state index contributed by atoms with van der Waals surface area (Å²) in [6, 6.07) is 25.5. The zero-order valence-electron chi connectivity index (χ0n) is 18.1. The molecule has 2 heterocycles. The molecule has 1 amide bonds. The van der Waals surface area contributed by atoms with Crippen molar-refractivity contribution in [1.29, 1.82) is 0 Å². The standard InChI is InChI=1S/C27H28FN3O/c28-23-11-5-7-13-25(23)30-16-17-31-24-12-6-4-10-21(24)18-22(26(31)19-30)27(32)29-15-14-20-8-2-1-3-9-20/h1-13,22,26H,14-19H2,(H,29,32)/t22-,26-/m1/s1. The lowest BCUT2D eigenvalue weighted by Gasteiger charge is -2.49. The number of fused-ring (bicyclic) bond motifs is 3. The Morgan fingerprint density at radius 2 is 1.62 bits per heavy atom. The Labute approximate surface area is 188 Å². The van der Waals surface area contributed by atoms with Gasteiger partial charge in [-0.3, -0.25) is 4.79 Å². The third kappa shape index (κ3) is 4.07. The highest BCUT2D eigenvalue weighted by atomic mass is 19.1. The average Bonchev–Trinajstić information content (AvgIpc) is 2.84. The van der Waals surface area contributed by atoms with E-state index in [0.717, 1.165) is 19.5 Å². The smallest absolute Gasteiger partial charge is 0.225 e. The van der Waals surface area contributed by atoms with Crippen molar-refractivity contribution in [2.75, 3.05) is 36.0 Å². The molecule has 0 saturated carbocycles. The first-order chi connectivity index (χ1) is 15.7. The van der Waals surface area contributed by atoms with Crippen LogP contribution in [0.5, 0.6) is 0 Å². The molecule has 2 atom stereocenters. The third-order valence-corrected chi connectivity index (χ3v) is 6.71. The summed E-state index contributed by atoms with van der Waals surface area (Å²) in [5.74, 6) is -0.294. The molecule has 0 radical (unpaired) electrons. The Balaban J connectivity index is 1.35. The molecule has 1 saturated heterocycles. The van der Waals surface area contributed by atoms with Gasteiger partial charge < -0.3 is 15.1 Å². The van der Waals surface area contributed by atoms with Crippen molar-refractivity contribution in [2.45, 2.75) is 18.9 Å². The van der Waals surface area contributed by atoms with Crippen LogP contribution in [0.3, 0.4) is 0 Å². The lowest BCUT2D eigenvalue weighted by molar-refractivity contribution is -0.125. The minimum Gasteiger partial charge on any atom is -0.365 e. The van der Waals surface area contributed by atoms with Crippen LogP contribution in [0.15, 0.2) is 78.9 Å². The SMILES string of the molecule is O=C(NCCc1ccccc1)[C@@H]1Cc2ccccc2N2CCN(c3ccccc3F)C[C@H]12. The first-order valence-electron chi connectivity index (χ1n) is 11.4. The summed E-state index contributed by atoms with van der Waals surface area (Å²) in [7, 11) is 0. The summed E-state index contributed by atoms with van der Waals surface area (Å²) < 4.78 is 14.5. The number of halogens is 1. The monoisotopic (exact) mass is 429 g/mol. The Kier molecular flexibility index (Phi) is 5.80. The molecular formula is C27H28FN3O. The zero-order chi connectivity index (χ0) is 21.9. The summed E-state index contributed by atoms with van der Waals surface area (Å²) in [4.78, 5) is 17.8. The van der Waals surface area contributed by atoms with Gasteiger partial charge in [0.05, 0.1) is 17.6 Å². The van der Waals surface area contributed by atoms with Crippen molar-refractivity contribution in [3.05, 3.63) is 95.8 Å². The predicted molar refractivity (Wildman–Crippen MR) is 127 cm³/mol. The highest BCUT2D eigenvalue weighted by molar-refractivity contribution is 5.82. The van der Waals surface area contributed by atoms with E-state index in [1.807, 2.05) is 36.4 Å². The quantitative estimate of drug-likeness (QED) is 0.665. The van der Waals surface area contributed by atoms with E-state index in [4.69, 9.17) is 0 Å². The van der Waals surface area contributed by atoms with E-state index >= 15 is 0 Å². The van der Waals surface area contributed by atoms with Crippen LogP contribution in [-0.4, -0.2) is 38.1 Å². The van der Waals surface area contributed by atoms with Crippen LogP contribution in [-0.2, 0) is 17.6 Å².